The summed E-state index contributed by atoms with van der Waals surface area (Å²) in [6, 6.07) is 0. The van der Waals surface area contributed by atoms with Crippen LogP contribution in [0.2, 0.25) is 0 Å². The van der Waals surface area contributed by atoms with Gasteiger partial charge in [-0.25, -0.2) is 4.98 Å². The highest BCUT2D eigenvalue weighted by Crippen LogP contribution is 2.16. The average molecular weight is 262 g/mol. The van der Waals surface area contributed by atoms with Crippen LogP contribution in [0, 0.1) is 5.92 Å². The van der Waals surface area contributed by atoms with Crippen molar-refractivity contribution in [2.24, 2.45) is 5.92 Å². The first-order chi connectivity index (χ1) is 9.26. The number of carbonyl (C=O) groups is 1. The van der Waals surface area contributed by atoms with Crippen LogP contribution in [-0.4, -0.2) is 46.5 Å². The van der Waals surface area contributed by atoms with Crippen LogP contribution in [0.1, 0.15) is 36.1 Å². The van der Waals surface area contributed by atoms with Gasteiger partial charge in [0.15, 0.2) is 0 Å². The smallest absolute Gasteiger partial charge is 0.271 e. The van der Waals surface area contributed by atoms with Gasteiger partial charge < -0.3 is 14.8 Å². The van der Waals surface area contributed by atoms with Gasteiger partial charge in [0.2, 0.25) is 0 Å². The number of aromatic nitrogens is 2. The number of rotatable bonds is 4. The van der Waals surface area contributed by atoms with E-state index in [-0.39, 0.29) is 5.91 Å². The summed E-state index contributed by atoms with van der Waals surface area (Å²) in [4.78, 5) is 18.9. The molecule has 19 heavy (non-hydrogen) atoms. The van der Waals surface area contributed by atoms with Gasteiger partial charge >= 0.3 is 0 Å². The molecule has 5 nitrogen and oxygen atoms in total. The minimum Gasteiger partial charge on any atom is -0.350 e. The lowest BCUT2D eigenvalue weighted by Gasteiger charge is -2.13. The van der Waals surface area contributed by atoms with Crippen LogP contribution in [0.5, 0.6) is 0 Å². The van der Waals surface area contributed by atoms with Gasteiger partial charge in [-0.1, -0.05) is 6.92 Å². The molecule has 1 fully saturated rings. The van der Waals surface area contributed by atoms with Gasteiger partial charge in [0.1, 0.15) is 11.5 Å². The van der Waals surface area contributed by atoms with E-state index in [2.05, 4.69) is 26.7 Å². The Labute approximate surface area is 114 Å². The number of hydrogen-bond acceptors (Lipinski definition) is 3. The Morgan fingerprint density at radius 1 is 1.53 bits per heavy atom. The van der Waals surface area contributed by atoms with Gasteiger partial charge in [-0.2, -0.15) is 0 Å². The van der Waals surface area contributed by atoms with Crippen molar-refractivity contribution in [3.63, 3.8) is 0 Å². The van der Waals surface area contributed by atoms with Crippen molar-refractivity contribution in [1.82, 2.24) is 19.8 Å². The Morgan fingerprint density at radius 3 is 3.16 bits per heavy atom. The van der Waals surface area contributed by atoms with Gasteiger partial charge in [-0.05, 0) is 31.8 Å². The molecule has 0 bridgehead atoms. The summed E-state index contributed by atoms with van der Waals surface area (Å²) in [6.07, 6.45) is 5.24. The van der Waals surface area contributed by atoms with Gasteiger partial charge in [0.05, 0.1) is 0 Å². The number of fused-ring (bicyclic) bond motifs is 1. The topological polar surface area (TPSA) is 50.2 Å². The second-order valence-electron chi connectivity index (χ2n) is 5.60. The van der Waals surface area contributed by atoms with E-state index in [4.69, 9.17) is 0 Å². The highest BCUT2D eigenvalue weighted by molar-refractivity contribution is 5.92. The number of aryl methyl sites for hydroxylation is 2. The maximum atomic E-state index is 12.1. The summed E-state index contributed by atoms with van der Waals surface area (Å²) in [6.45, 7) is 7.35. The largest absolute Gasteiger partial charge is 0.350 e. The first kappa shape index (κ1) is 12.7. The lowest BCUT2D eigenvalue weighted by Crippen LogP contribution is -2.31. The SMILES string of the molecule is CCN1CCC(CNC(=O)c2cn3c(n2)CCC3)C1. The first-order valence-corrected chi connectivity index (χ1v) is 7.33. The molecule has 3 rings (SSSR count). The van der Waals surface area contributed by atoms with Crippen molar-refractivity contribution >= 4 is 5.91 Å². The van der Waals surface area contributed by atoms with E-state index in [0.717, 1.165) is 51.4 Å². The van der Waals surface area contributed by atoms with Gasteiger partial charge in [0, 0.05) is 32.3 Å². The molecular formula is C14H22N4O. The molecule has 104 valence electrons. The van der Waals surface area contributed by atoms with E-state index in [1.807, 2.05) is 6.20 Å². The Kier molecular flexibility index (Phi) is 3.55. The summed E-state index contributed by atoms with van der Waals surface area (Å²) >= 11 is 0. The van der Waals surface area contributed by atoms with Crippen LogP contribution >= 0.6 is 0 Å². The predicted octanol–water partition coefficient (Wildman–Crippen LogP) is 0.901. The van der Waals surface area contributed by atoms with Crippen LogP contribution in [0.3, 0.4) is 0 Å². The Balaban J connectivity index is 1.51. The maximum Gasteiger partial charge on any atom is 0.271 e. The maximum absolute atomic E-state index is 12.1. The van der Waals surface area contributed by atoms with Crippen molar-refractivity contribution in [2.45, 2.75) is 32.7 Å². The predicted molar refractivity (Wildman–Crippen MR) is 73.1 cm³/mol. The van der Waals surface area contributed by atoms with Crippen LogP contribution in [-0.2, 0) is 13.0 Å². The van der Waals surface area contributed by atoms with Crippen molar-refractivity contribution in [3.8, 4) is 0 Å². The van der Waals surface area contributed by atoms with E-state index >= 15 is 0 Å². The number of hydrogen-bond donors (Lipinski definition) is 1. The van der Waals surface area contributed by atoms with E-state index in [9.17, 15) is 4.79 Å². The average Bonchev–Trinajstić information content (AvgIpc) is 3.10. The molecule has 0 spiro atoms. The molecular weight excluding hydrogens is 240 g/mol. The van der Waals surface area contributed by atoms with Gasteiger partial charge in [-0.15, -0.1) is 0 Å². The molecule has 0 aliphatic carbocycles. The molecule has 5 heteroatoms. The number of imidazole rings is 1. The second-order valence-corrected chi connectivity index (χ2v) is 5.60. The molecule has 1 atom stereocenters. The molecule has 0 aromatic carbocycles. The van der Waals surface area contributed by atoms with Gasteiger partial charge in [-0.3, -0.25) is 4.79 Å². The lowest BCUT2D eigenvalue weighted by atomic mass is 10.1. The summed E-state index contributed by atoms with van der Waals surface area (Å²) in [5.41, 5.74) is 0.583. The monoisotopic (exact) mass is 262 g/mol. The summed E-state index contributed by atoms with van der Waals surface area (Å²) in [7, 11) is 0. The van der Waals surface area contributed by atoms with Crippen molar-refractivity contribution in [1.29, 1.82) is 0 Å². The fraction of sp³-hybridized carbons (Fsp3) is 0.714. The zero-order valence-electron chi connectivity index (χ0n) is 11.6. The number of amides is 1. The van der Waals surface area contributed by atoms with Gasteiger partial charge in [0.25, 0.3) is 5.91 Å². The minimum absolute atomic E-state index is 0.0168. The summed E-state index contributed by atoms with van der Waals surface area (Å²) in [5, 5.41) is 3.03. The van der Waals surface area contributed by atoms with Crippen molar-refractivity contribution in [3.05, 3.63) is 17.7 Å². The number of carbonyl (C=O) groups excluding carboxylic acids is 1. The minimum atomic E-state index is -0.0168. The second kappa shape index (κ2) is 5.33. The molecule has 0 saturated carbocycles. The van der Waals surface area contributed by atoms with Crippen LogP contribution in [0.25, 0.3) is 0 Å². The molecule has 1 aromatic heterocycles. The van der Waals surface area contributed by atoms with Crippen molar-refractivity contribution in [2.75, 3.05) is 26.2 Å². The molecule has 2 aliphatic heterocycles. The molecule has 1 N–H and O–H groups in total. The van der Waals surface area contributed by atoms with E-state index in [1.165, 1.54) is 6.42 Å². The highest BCUT2D eigenvalue weighted by atomic mass is 16.1. The highest BCUT2D eigenvalue weighted by Gasteiger charge is 2.23. The number of nitrogens with zero attached hydrogens (tertiary/aromatic N) is 3. The number of likely N-dealkylation sites (tertiary alicyclic amines) is 1. The van der Waals surface area contributed by atoms with E-state index in [0.29, 0.717) is 11.6 Å². The molecule has 0 radical (unpaired) electrons. The molecule has 3 heterocycles. The third-order valence-corrected chi connectivity index (χ3v) is 4.26. The van der Waals surface area contributed by atoms with Crippen LogP contribution in [0.15, 0.2) is 6.20 Å². The Hall–Kier alpha value is -1.36. The van der Waals surface area contributed by atoms with E-state index in [1.54, 1.807) is 0 Å². The third kappa shape index (κ3) is 2.66. The number of nitrogens with one attached hydrogen (secondary N) is 1. The van der Waals surface area contributed by atoms with Crippen molar-refractivity contribution < 1.29 is 4.79 Å². The third-order valence-electron chi connectivity index (χ3n) is 4.26. The molecule has 1 amide bonds. The normalized spacial score (nSPS) is 22.7. The zero-order valence-corrected chi connectivity index (χ0v) is 11.6. The molecule has 1 unspecified atom stereocenters. The summed E-state index contributed by atoms with van der Waals surface area (Å²) in [5.74, 6) is 1.64. The fourth-order valence-electron chi connectivity index (χ4n) is 3.06. The molecule has 2 aliphatic rings. The Bertz CT molecular complexity index is 447. The summed E-state index contributed by atoms with van der Waals surface area (Å²) < 4.78 is 2.10. The first-order valence-electron chi connectivity index (χ1n) is 7.33. The standard InChI is InChI=1S/C14H22N4O/c1-2-17-7-5-11(9-17)8-15-14(19)12-10-18-6-3-4-13(18)16-12/h10-11H,2-9H2,1H3,(H,15,19). The molecule has 1 aromatic rings. The fourth-order valence-corrected chi connectivity index (χ4v) is 3.06. The quantitative estimate of drug-likeness (QED) is 0.877. The van der Waals surface area contributed by atoms with E-state index < -0.39 is 0 Å². The molecule has 1 saturated heterocycles. The van der Waals surface area contributed by atoms with Crippen LogP contribution in [0.4, 0.5) is 0 Å². The lowest BCUT2D eigenvalue weighted by molar-refractivity contribution is 0.0942. The van der Waals surface area contributed by atoms with Crippen LogP contribution < -0.4 is 5.32 Å². The Morgan fingerprint density at radius 2 is 2.42 bits per heavy atom. The zero-order chi connectivity index (χ0) is 13.2.